The van der Waals surface area contributed by atoms with Crippen molar-refractivity contribution in [3.63, 3.8) is 0 Å². The fourth-order valence-corrected chi connectivity index (χ4v) is 3.34. The molecule has 0 radical (unpaired) electrons. The molecule has 1 aliphatic carbocycles. The Morgan fingerprint density at radius 2 is 2.22 bits per heavy atom. The van der Waals surface area contributed by atoms with E-state index >= 15 is 0 Å². The van der Waals surface area contributed by atoms with Gasteiger partial charge in [0.1, 0.15) is 0 Å². The molecule has 1 aliphatic rings. The molecule has 1 aromatic rings. The highest BCUT2D eigenvalue weighted by Gasteiger charge is 2.22. The third kappa shape index (κ3) is 3.73. The first-order chi connectivity index (χ1) is 8.81. The molecule has 0 amide bonds. The Balaban J connectivity index is 1.90. The smallest absolute Gasteiger partial charge is 0.0462 e. The summed E-state index contributed by atoms with van der Waals surface area (Å²) in [5.41, 5.74) is 3.08. The van der Waals surface area contributed by atoms with Crippen LogP contribution in [0.3, 0.4) is 0 Å². The Labute approximate surface area is 115 Å². The van der Waals surface area contributed by atoms with Crippen molar-refractivity contribution >= 4 is 11.6 Å². The number of aryl methyl sites for hydroxylation is 1. The molecule has 2 atom stereocenters. The number of benzene rings is 1. The zero-order valence-corrected chi connectivity index (χ0v) is 12.0. The Morgan fingerprint density at radius 3 is 3.06 bits per heavy atom. The van der Waals surface area contributed by atoms with Crippen molar-refractivity contribution in [1.82, 2.24) is 0 Å². The summed E-state index contributed by atoms with van der Waals surface area (Å²) in [6.45, 7) is 0.824. The average Bonchev–Trinajstić information content (AvgIpc) is 2.39. The van der Waals surface area contributed by atoms with Crippen molar-refractivity contribution in [2.75, 3.05) is 13.7 Å². The van der Waals surface area contributed by atoms with Gasteiger partial charge in [-0.05, 0) is 55.6 Å². The minimum Gasteiger partial charge on any atom is -0.385 e. The monoisotopic (exact) mass is 266 g/mol. The van der Waals surface area contributed by atoms with E-state index in [1.165, 1.54) is 24.8 Å². The van der Waals surface area contributed by atoms with E-state index < -0.39 is 0 Å². The summed E-state index contributed by atoms with van der Waals surface area (Å²) in [6, 6.07) is 8.87. The van der Waals surface area contributed by atoms with Crippen LogP contribution in [-0.2, 0) is 11.2 Å². The highest BCUT2D eigenvalue weighted by atomic mass is 35.5. The summed E-state index contributed by atoms with van der Waals surface area (Å²) in [4.78, 5) is 0. The summed E-state index contributed by atoms with van der Waals surface area (Å²) >= 11 is 6.46. The summed E-state index contributed by atoms with van der Waals surface area (Å²) in [5.74, 6) is 0.667. The summed E-state index contributed by atoms with van der Waals surface area (Å²) in [5, 5.41) is 0.288. The molecule has 0 N–H and O–H groups in total. The normalized spacial score (nSPS) is 20.4. The van der Waals surface area contributed by atoms with Crippen molar-refractivity contribution < 1.29 is 4.74 Å². The maximum Gasteiger partial charge on any atom is 0.0462 e. The Hall–Kier alpha value is -0.530. The molecule has 100 valence electrons. The van der Waals surface area contributed by atoms with E-state index in [2.05, 4.69) is 24.3 Å². The molecule has 0 saturated carbocycles. The van der Waals surface area contributed by atoms with Crippen LogP contribution in [0.15, 0.2) is 24.3 Å². The van der Waals surface area contributed by atoms with Crippen LogP contribution in [0.25, 0.3) is 0 Å². The first-order valence-corrected chi connectivity index (χ1v) is 7.45. The predicted octanol–water partition coefficient (Wildman–Crippen LogP) is 4.53. The second-order valence-corrected chi connectivity index (χ2v) is 5.87. The Kier molecular flexibility index (Phi) is 5.52. The Morgan fingerprint density at radius 1 is 1.39 bits per heavy atom. The molecule has 2 heteroatoms. The van der Waals surface area contributed by atoms with Gasteiger partial charge >= 0.3 is 0 Å². The average molecular weight is 267 g/mol. The molecule has 0 bridgehead atoms. The van der Waals surface area contributed by atoms with Gasteiger partial charge in [-0.3, -0.25) is 0 Å². The lowest BCUT2D eigenvalue weighted by molar-refractivity contribution is 0.192. The van der Waals surface area contributed by atoms with Crippen LogP contribution in [0.4, 0.5) is 0 Å². The molecule has 0 aromatic heterocycles. The van der Waals surface area contributed by atoms with Crippen molar-refractivity contribution in [3.8, 4) is 0 Å². The third-order valence-electron chi connectivity index (χ3n) is 3.90. The van der Waals surface area contributed by atoms with Crippen LogP contribution >= 0.6 is 11.6 Å². The van der Waals surface area contributed by atoms with Crippen LogP contribution in [0.5, 0.6) is 0 Å². The van der Waals surface area contributed by atoms with Crippen LogP contribution < -0.4 is 0 Å². The molecular weight excluding hydrogens is 244 g/mol. The number of fused-ring (bicyclic) bond motifs is 1. The van der Waals surface area contributed by atoms with E-state index in [9.17, 15) is 0 Å². The lowest BCUT2D eigenvalue weighted by Crippen LogP contribution is -2.14. The largest absolute Gasteiger partial charge is 0.385 e. The number of halogens is 1. The molecule has 1 nitrogen and oxygen atoms in total. The third-order valence-corrected chi connectivity index (χ3v) is 4.30. The maximum atomic E-state index is 6.46. The number of alkyl halides is 1. The number of rotatable bonds is 6. The van der Waals surface area contributed by atoms with Gasteiger partial charge in [0.2, 0.25) is 0 Å². The zero-order chi connectivity index (χ0) is 12.8. The van der Waals surface area contributed by atoms with E-state index in [1.54, 1.807) is 12.7 Å². The van der Waals surface area contributed by atoms with Gasteiger partial charge in [-0.15, -0.1) is 11.6 Å². The molecule has 18 heavy (non-hydrogen) atoms. The second kappa shape index (κ2) is 7.16. The number of hydrogen-bond acceptors (Lipinski definition) is 1. The van der Waals surface area contributed by atoms with E-state index in [0.29, 0.717) is 5.92 Å². The topological polar surface area (TPSA) is 9.23 Å². The van der Waals surface area contributed by atoms with Crippen molar-refractivity contribution in [1.29, 1.82) is 0 Å². The van der Waals surface area contributed by atoms with Crippen molar-refractivity contribution in [2.45, 2.75) is 49.8 Å². The fourth-order valence-electron chi connectivity index (χ4n) is 2.98. The molecule has 0 heterocycles. The van der Waals surface area contributed by atoms with E-state index in [0.717, 1.165) is 25.9 Å². The van der Waals surface area contributed by atoms with Crippen molar-refractivity contribution in [3.05, 3.63) is 35.4 Å². The van der Waals surface area contributed by atoms with Gasteiger partial charge < -0.3 is 4.74 Å². The molecular formula is C16H23ClO. The van der Waals surface area contributed by atoms with Crippen molar-refractivity contribution in [2.24, 2.45) is 0 Å². The van der Waals surface area contributed by atoms with Crippen LogP contribution in [-0.4, -0.2) is 19.1 Å². The van der Waals surface area contributed by atoms with Gasteiger partial charge in [0.25, 0.3) is 0 Å². The molecule has 0 aliphatic heterocycles. The number of methoxy groups -OCH3 is 1. The minimum atomic E-state index is 0.288. The second-order valence-electron chi connectivity index (χ2n) is 5.26. The van der Waals surface area contributed by atoms with Crippen LogP contribution in [0.2, 0.25) is 0 Å². The van der Waals surface area contributed by atoms with Gasteiger partial charge in [-0.25, -0.2) is 0 Å². The highest BCUT2D eigenvalue weighted by Crippen LogP contribution is 2.36. The summed E-state index contributed by atoms with van der Waals surface area (Å²) in [7, 11) is 1.75. The first kappa shape index (κ1) is 13.9. The molecule has 0 fully saturated rings. The molecule has 0 saturated heterocycles. The van der Waals surface area contributed by atoms with Gasteiger partial charge in [-0.2, -0.15) is 0 Å². The summed E-state index contributed by atoms with van der Waals surface area (Å²) in [6.07, 6.45) is 7.09. The molecule has 2 rings (SSSR count). The van der Waals surface area contributed by atoms with Gasteiger partial charge in [0.05, 0.1) is 0 Å². The van der Waals surface area contributed by atoms with E-state index in [-0.39, 0.29) is 5.38 Å². The fraction of sp³-hybridized carbons (Fsp3) is 0.625. The quantitative estimate of drug-likeness (QED) is 0.543. The van der Waals surface area contributed by atoms with E-state index in [4.69, 9.17) is 16.3 Å². The van der Waals surface area contributed by atoms with Gasteiger partial charge in [0.15, 0.2) is 0 Å². The SMILES string of the molecule is COCCCC(Cl)CC1CCCc2ccccc21. The lowest BCUT2D eigenvalue weighted by atomic mass is 9.80. The molecule has 1 aromatic carbocycles. The number of ether oxygens (including phenoxy) is 1. The standard InChI is InChI=1S/C16H23ClO/c1-18-11-5-9-15(17)12-14-8-4-7-13-6-2-3-10-16(13)14/h2-3,6,10,14-15H,4-5,7-9,11-12H2,1H3. The molecule has 2 unspecified atom stereocenters. The maximum absolute atomic E-state index is 6.46. The summed E-state index contributed by atoms with van der Waals surface area (Å²) < 4.78 is 5.08. The lowest BCUT2D eigenvalue weighted by Gasteiger charge is -2.27. The highest BCUT2D eigenvalue weighted by molar-refractivity contribution is 6.20. The van der Waals surface area contributed by atoms with Crippen LogP contribution in [0.1, 0.15) is 49.1 Å². The first-order valence-electron chi connectivity index (χ1n) is 7.02. The zero-order valence-electron chi connectivity index (χ0n) is 11.2. The minimum absolute atomic E-state index is 0.288. The molecule has 0 spiro atoms. The predicted molar refractivity (Wildman–Crippen MR) is 77.5 cm³/mol. The Bertz CT molecular complexity index is 364. The van der Waals surface area contributed by atoms with Crippen LogP contribution in [0, 0.1) is 0 Å². The van der Waals surface area contributed by atoms with Gasteiger partial charge in [-0.1, -0.05) is 24.3 Å². The van der Waals surface area contributed by atoms with E-state index in [1.807, 2.05) is 0 Å². The number of hydrogen-bond donors (Lipinski definition) is 0. The van der Waals surface area contributed by atoms with Gasteiger partial charge in [0, 0.05) is 19.1 Å².